The van der Waals surface area contributed by atoms with Crippen molar-refractivity contribution in [2.75, 3.05) is 12.9 Å². The van der Waals surface area contributed by atoms with Gasteiger partial charge in [0.1, 0.15) is 5.25 Å². The Kier molecular flexibility index (Phi) is 4.57. The largest absolute Gasteiger partial charge is 0.469 e. The van der Waals surface area contributed by atoms with E-state index in [0.29, 0.717) is 0 Å². The summed E-state index contributed by atoms with van der Waals surface area (Å²) in [5.41, 5.74) is 0. The SMILES string of the molecule is COC(=O)C(C)CS(=O)(=O)C(C)C#N. The molecular weight excluding hydrogens is 206 g/mol. The lowest BCUT2D eigenvalue weighted by atomic mass is 10.2. The number of methoxy groups -OCH3 is 1. The maximum absolute atomic E-state index is 11.4. The number of carbonyl (C=O) groups is 1. The van der Waals surface area contributed by atoms with E-state index in [4.69, 9.17) is 5.26 Å². The fraction of sp³-hybridized carbons (Fsp3) is 0.750. The maximum Gasteiger partial charge on any atom is 0.309 e. The zero-order chi connectivity index (χ0) is 11.4. The number of hydrogen-bond acceptors (Lipinski definition) is 5. The molecule has 0 fully saturated rings. The van der Waals surface area contributed by atoms with E-state index in [1.165, 1.54) is 21.0 Å². The summed E-state index contributed by atoms with van der Waals surface area (Å²) in [6.07, 6.45) is 0. The van der Waals surface area contributed by atoms with E-state index in [0.717, 1.165) is 0 Å². The molecule has 14 heavy (non-hydrogen) atoms. The van der Waals surface area contributed by atoms with Crippen LogP contribution in [0.2, 0.25) is 0 Å². The van der Waals surface area contributed by atoms with Crippen molar-refractivity contribution in [1.82, 2.24) is 0 Å². The fourth-order valence-corrected chi connectivity index (χ4v) is 2.12. The molecule has 0 spiro atoms. The molecular formula is C8H13NO4S. The second-order valence-electron chi connectivity index (χ2n) is 3.03. The normalized spacial score (nSPS) is 15.3. The molecule has 2 unspecified atom stereocenters. The van der Waals surface area contributed by atoms with E-state index in [2.05, 4.69) is 4.74 Å². The van der Waals surface area contributed by atoms with Crippen LogP contribution in [0.25, 0.3) is 0 Å². The van der Waals surface area contributed by atoms with Gasteiger partial charge in [-0.2, -0.15) is 5.26 Å². The molecule has 0 aromatic carbocycles. The molecule has 80 valence electrons. The summed E-state index contributed by atoms with van der Waals surface area (Å²) in [4.78, 5) is 10.9. The summed E-state index contributed by atoms with van der Waals surface area (Å²) in [6, 6.07) is 1.63. The van der Waals surface area contributed by atoms with Gasteiger partial charge in [0.25, 0.3) is 0 Å². The van der Waals surface area contributed by atoms with Crippen LogP contribution in [0.15, 0.2) is 0 Å². The molecule has 0 saturated heterocycles. The molecule has 0 aliphatic rings. The third-order valence-corrected chi connectivity index (χ3v) is 3.95. The van der Waals surface area contributed by atoms with Crippen molar-refractivity contribution in [2.45, 2.75) is 19.1 Å². The first kappa shape index (κ1) is 12.9. The first-order valence-electron chi connectivity index (χ1n) is 4.04. The summed E-state index contributed by atoms with van der Waals surface area (Å²) in [5, 5.41) is 7.35. The Labute approximate surface area is 83.6 Å². The Morgan fingerprint density at radius 2 is 2.00 bits per heavy atom. The summed E-state index contributed by atoms with van der Waals surface area (Å²) in [5.74, 6) is -1.67. The number of nitrogens with zero attached hydrogens (tertiary/aromatic N) is 1. The molecule has 5 nitrogen and oxygen atoms in total. The van der Waals surface area contributed by atoms with Crippen LogP contribution in [0.1, 0.15) is 13.8 Å². The van der Waals surface area contributed by atoms with Crippen molar-refractivity contribution in [2.24, 2.45) is 5.92 Å². The van der Waals surface area contributed by atoms with Gasteiger partial charge in [-0.1, -0.05) is 6.92 Å². The van der Waals surface area contributed by atoms with Crippen LogP contribution in [0.3, 0.4) is 0 Å². The van der Waals surface area contributed by atoms with E-state index in [9.17, 15) is 13.2 Å². The summed E-state index contributed by atoms with van der Waals surface area (Å²) in [6.45, 7) is 2.74. The molecule has 6 heteroatoms. The molecule has 0 rings (SSSR count). The number of carbonyl (C=O) groups excluding carboxylic acids is 1. The topological polar surface area (TPSA) is 84.2 Å². The monoisotopic (exact) mass is 219 g/mol. The van der Waals surface area contributed by atoms with Gasteiger partial charge in [0.2, 0.25) is 0 Å². The van der Waals surface area contributed by atoms with E-state index >= 15 is 0 Å². The summed E-state index contributed by atoms with van der Waals surface area (Å²) >= 11 is 0. The van der Waals surface area contributed by atoms with Crippen LogP contribution < -0.4 is 0 Å². The van der Waals surface area contributed by atoms with Crippen LogP contribution in [0.4, 0.5) is 0 Å². The Bertz CT molecular complexity index is 341. The molecule has 0 amide bonds. The maximum atomic E-state index is 11.4. The number of ether oxygens (including phenoxy) is 1. The fourth-order valence-electron chi connectivity index (χ4n) is 0.842. The smallest absolute Gasteiger partial charge is 0.309 e. The molecule has 0 aliphatic heterocycles. The molecule has 0 aromatic heterocycles. The molecule has 0 aliphatic carbocycles. The molecule has 0 bridgehead atoms. The number of sulfone groups is 1. The average Bonchev–Trinajstić information content (AvgIpc) is 2.14. The van der Waals surface area contributed by atoms with Gasteiger partial charge < -0.3 is 4.74 Å². The second kappa shape index (κ2) is 4.96. The van der Waals surface area contributed by atoms with Gasteiger partial charge in [-0.05, 0) is 6.92 Å². The summed E-state index contributed by atoms with van der Waals surface area (Å²) < 4.78 is 27.1. The Balaban J connectivity index is 4.55. The van der Waals surface area contributed by atoms with E-state index < -0.39 is 27.0 Å². The third-order valence-electron chi connectivity index (χ3n) is 1.81. The Hall–Kier alpha value is -1.09. The average molecular weight is 219 g/mol. The van der Waals surface area contributed by atoms with Crippen molar-refractivity contribution in [3.05, 3.63) is 0 Å². The number of esters is 1. The van der Waals surface area contributed by atoms with Crippen LogP contribution in [-0.4, -0.2) is 32.5 Å². The predicted octanol–water partition coefficient (Wildman–Crippen LogP) is 0.122. The Morgan fingerprint density at radius 1 is 1.50 bits per heavy atom. The van der Waals surface area contributed by atoms with Gasteiger partial charge in [0.05, 0.1) is 24.8 Å². The van der Waals surface area contributed by atoms with Gasteiger partial charge in [-0.15, -0.1) is 0 Å². The molecule has 0 N–H and O–H groups in total. The van der Waals surface area contributed by atoms with E-state index in [-0.39, 0.29) is 5.75 Å². The van der Waals surface area contributed by atoms with Gasteiger partial charge in [0.15, 0.2) is 9.84 Å². The van der Waals surface area contributed by atoms with E-state index in [1.807, 2.05) is 0 Å². The highest BCUT2D eigenvalue weighted by Crippen LogP contribution is 2.08. The number of nitriles is 1. The molecule has 0 aromatic rings. The molecule has 0 heterocycles. The Morgan fingerprint density at radius 3 is 2.36 bits per heavy atom. The standard InChI is InChI=1S/C8H13NO4S/c1-6(8(10)13-3)5-14(11,12)7(2)4-9/h6-7H,5H2,1-3H3. The highest BCUT2D eigenvalue weighted by Gasteiger charge is 2.26. The zero-order valence-corrected chi connectivity index (χ0v) is 9.17. The van der Waals surface area contributed by atoms with Gasteiger partial charge in [-0.25, -0.2) is 8.42 Å². The second-order valence-corrected chi connectivity index (χ2v) is 5.39. The van der Waals surface area contributed by atoms with Crippen LogP contribution in [0.5, 0.6) is 0 Å². The number of hydrogen-bond donors (Lipinski definition) is 0. The van der Waals surface area contributed by atoms with Crippen LogP contribution >= 0.6 is 0 Å². The lowest BCUT2D eigenvalue weighted by molar-refractivity contribution is -0.144. The molecule has 0 saturated carbocycles. The number of rotatable bonds is 4. The zero-order valence-electron chi connectivity index (χ0n) is 8.35. The first-order chi connectivity index (χ1) is 6.35. The first-order valence-corrected chi connectivity index (χ1v) is 5.75. The molecule has 2 atom stereocenters. The van der Waals surface area contributed by atoms with Crippen molar-refractivity contribution < 1.29 is 17.9 Å². The van der Waals surface area contributed by atoms with Crippen LogP contribution in [-0.2, 0) is 19.4 Å². The van der Waals surface area contributed by atoms with E-state index in [1.54, 1.807) is 6.07 Å². The summed E-state index contributed by atoms with van der Waals surface area (Å²) in [7, 11) is -2.33. The van der Waals surface area contributed by atoms with Gasteiger partial charge >= 0.3 is 5.97 Å². The highest BCUT2D eigenvalue weighted by atomic mass is 32.2. The van der Waals surface area contributed by atoms with Crippen LogP contribution in [0, 0.1) is 17.2 Å². The minimum absolute atomic E-state index is 0.353. The minimum atomic E-state index is -3.53. The third kappa shape index (κ3) is 3.34. The van der Waals surface area contributed by atoms with Crippen molar-refractivity contribution in [3.63, 3.8) is 0 Å². The minimum Gasteiger partial charge on any atom is -0.469 e. The molecule has 0 radical (unpaired) electrons. The van der Waals surface area contributed by atoms with Crippen molar-refractivity contribution >= 4 is 15.8 Å². The highest BCUT2D eigenvalue weighted by molar-refractivity contribution is 7.92. The lowest BCUT2D eigenvalue weighted by Crippen LogP contribution is -2.27. The predicted molar refractivity (Wildman–Crippen MR) is 50.0 cm³/mol. The van der Waals surface area contributed by atoms with Crippen molar-refractivity contribution in [1.29, 1.82) is 5.26 Å². The van der Waals surface area contributed by atoms with Gasteiger partial charge in [-0.3, -0.25) is 4.79 Å². The quantitative estimate of drug-likeness (QED) is 0.627. The lowest BCUT2D eigenvalue weighted by Gasteiger charge is -2.10. The van der Waals surface area contributed by atoms with Gasteiger partial charge in [0, 0.05) is 0 Å². The van der Waals surface area contributed by atoms with Crippen molar-refractivity contribution in [3.8, 4) is 6.07 Å².